The van der Waals surface area contributed by atoms with E-state index in [0.717, 1.165) is 11.3 Å². The molecule has 0 atom stereocenters. The third kappa shape index (κ3) is 3.40. The maximum atomic E-state index is 11.1. The van der Waals surface area contributed by atoms with E-state index in [1.807, 2.05) is 24.3 Å². The van der Waals surface area contributed by atoms with Crippen LogP contribution < -0.4 is 15.8 Å². The molecule has 0 aliphatic rings. The molecule has 1 heterocycles. The predicted molar refractivity (Wildman–Crippen MR) is 83.3 cm³/mol. The van der Waals surface area contributed by atoms with Gasteiger partial charge in [0.15, 0.2) is 0 Å². The minimum absolute atomic E-state index is 0.0484. The highest BCUT2D eigenvalue weighted by molar-refractivity contribution is 9.10. The van der Waals surface area contributed by atoms with Crippen molar-refractivity contribution in [3.05, 3.63) is 50.6 Å². The Kier molecular flexibility index (Phi) is 4.59. The number of nitrogens with zero attached hydrogens (tertiary/aromatic N) is 2. The molecule has 8 heteroatoms. The van der Waals surface area contributed by atoms with Gasteiger partial charge in [-0.2, -0.15) is 0 Å². The van der Waals surface area contributed by atoms with Crippen LogP contribution in [0.3, 0.4) is 0 Å². The fourth-order valence-electron chi connectivity index (χ4n) is 1.74. The Bertz CT molecular complexity index is 661. The molecule has 1 aromatic carbocycles. The zero-order valence-corrected chi connectivity index (χ0v) is 12.8. The summed E-state index contributed by atoms with van der Waals surface area (Å²) in [7, 11) is 1.59. The van der Waals surface area contributed by atoms with Crippen LogP contribution in [0.2, 0.25) is 0 Å². The number of halogens is 1. The highest BCUT2D eigenvalue weighted by Crippen LogP contribution is 2.34. The average molecular weight is 353 g/mol. The fraction of sp³-hybridized carbons (Fsp3) is 0.154. The molecular formula is C13H13BrN4O3. The van der Waals surface area contributed by atoms with E-state index in [2.05, 4.69) is 26.2 Å². The molecule has 0 fully saturated rings. The predicted octanol–water partition coefficient (Wildman–Crippen LogP) is 2.96. The summed E-state index contributed by atoms with van der Waals surface area (Å²) in [6.07, 6.45) is 1.43. The summed E-state index contributed by atoms with van der Waals surface area (Å²) in [4.78, 5) is 14.6. The number of benzene rings is 1. The van der Waals surface area contributed by atoms with E-state index in [-0.39, 0.29) is 17.2 Å². The number of nitrogen functional groups attached to an aromatic ring is 1. The van der Waals surface area contributed by atoms with Crippen LogP contribution in [-0.4, -0.2) is 17.0 Å². The van der Waals surface area contributed by atoms with Crippen molar-refractivity contribution in [3.63, 3.8) is 0 Å². The standard InChI is InChI=1S/C13H13BrN4O3/c1-21-9-4-2-8(3-5-9)6-16-13-12(18(19)20)11(15)10(14)7-17-13/h2-5,7H,6H2,1H3,(H3,15,16,17). The first-order chi connectivity index (χ1) is 10.0. The van der Waals surface area contributed by atoms with Crippen LogP contribution in [0, 0.1) is 10.1 Å². The summed E-state index contributed by atoms with van der Waals surface area (Å²) in [6, 6.07) is 7.35. The number of rotatable bonds is 5. The molecule has 2 aromatic rings. The molecule has 7 nitrogen and oxygen atoms in total. The van der Waals surface area contributed by atoms with Gasteiger partial charge in [-0.15, -0.1) is 0 Å². The topological polar surface area (TPSA) is 103 Å². The molecule has 110 valence electrons. The Morgan fingerprint density at radius 1 is 1.43 bits per heavy atom. The van der Waals surface area contributed by atoms with Gasteiger partial charge in [-0.1, -0.05) is 12.1 Å². The van der Waals surface area contributed by atoms with Crippen LogP contribution in [-0.2, 0) is 6.54 Å². The molecule has 2 rings (SSSR count). The number of methoxy groups -OCH3 is 1. The smallest absolute Gasteiger partial charge is 0.335 e. The van der Waals surface area contributed by atoms with Crippen LogP contribution in [0.4, 0.5) is 17.2 Å². The second-order valence-electron chi connectivity index (χ2n) is 4.18. The molecule has 0 unspecified atom stereocenters. The van der Waals surface area contributed by atoms with Crippen LogP contribution in [0.5, 0.6) is 5.75 Å². The maximum Gasteiger partial charge on any atom is 0.335 e. The summed E-state index contributed by atoms with van der Waals surface area (Å²) in [5.74, 6) is 0.882. The first kappa shape index (κ1) is 15.0. The summed E-state index contributed by atoms with van der Waals surface area (Å²) in [6.45, 7) is 0.388. The maximum absolute atomic E-state index is 11.1. The Hall–Kier alpha value is -2.35. The molecule has 0 amide bonds. The Balaban J connectivity index is 2.19. The van der Waals surface area contributed by atoms with Crippen LogP contribution in [0.1, 0.15) is 5.56 Å². The van der Waals surface area contributed by atoms with Gasteiger partial charge in [0.25, 0.3) is 0 Å². The molecular weight excluding hydrogens is 340 g/mol. The van der Waals surface area contributed by atoms with Crippen molar-refractivity contribution >= 4 is 33.1 Å². The minimum atomic E-state index is -0.552. The van der Waals surface area contributed by atoms with E-state index in [9.17, 15) is 10.1 Å². The number of anilines is 2. The lowest BCUT2D eigenvalue weighted by Gasteiger charge is -2.09. The van der Waals surface area contributed by atoms with Crippen LogP contribution in [0.25, 0.3) is 0 Å². The fourth-order valence-corrected chi connectivity index (χ4v) is 2.03. The van der Waals surface area contributed by atoms with E-state index in [1.54, 1.807) is 7.11 Å². The number of aromatic nitrogens is 1. The molecule has 1 aromatic heterocycles. The van der Waals surface area contributed by atoms with E-state index in [4.69, 9.17) is 10.5 Å². The van der Waals surface area contributed by atoms with Crippen molar-refractivity contribution in [2.45, 2.75) is 6.54 Å². The van der Waals surface area contributed by atoms with Gasteiger partial charge in [-0.25, -0.2) is 4.98 Å². The molecule has 0 spiro atoms. The number of pyridine rings is 1. The van der Waals surface area contributed by atoms with Crippen molar-refractivity contribution < 1.29 is 9.66 Å². The number of hydrogen-bond donors (Lipinski definition) is 2. The second kappa shape index (κ2) is 6.40. The van der Waals surface area contributed by atoms with E-state index in [0.29, 0.717) is 11.0 Å². The Labute approximate surface area is 129 Å². The van der Waals surface area contributed by atoms with E-state index in [1.165, 1.54) is 6.20 Å². The van der Waals surface area contributed by atoms with Gasteiger partial charge in [0.1, 0.15) is 11.4 Å². The van der Waals surface area contributed by atoms with Gasteiger partial charge in [-0.3, -0.25) is 10.1 Å². The Morgan fingerprint density at radius 3 is 2.67 bits per heavy atom. The molecule has 0 aliphatic heterocycles. The van der Waals surface area contributed by atoms with Crippen molar-refractivity contribution in [1.29, 1.82) is 0 Å². The normalized spacial score (nSPS) is 10.2. The number of hydrogen-bond acceptors (Lipinski definition) is 6. The highest BCUT2D eigenvalue weighted by Gasteiger charge is 2.21. The van der Waals surface area contributed by atoms with Crippen LogP contribution >= 0.6 is 15.9 Å². The number of nitro groups is 1. The molecule has 0 bridgehead atoms. The van der Waals surface area contributed by atoms with Gasteiger partial charge in [0.05, 0.1) is 16.5 Å². The van der Waals surface area contributed by atoms with Crippen molar-refractivity contribution in [2.75, 3.05) is 18.2 Å². The summed E-state index contributed by atoms with van der Waals surface area (Å²) >= 11 is 3.13. The lowest BCUT2D eigenvalue weighted by Crippen LogP contribution is -2.07. The first-order valence-corrected chi connectivity index (χ1v) is 6.77. The summed E-state index contributed by atoms with van der Waals surface area (Å²) in [5, 5.41) is 14.0. The van der Waals surface area contributed by atoms with Gasteiger partial charge < -0.3 is 15.8 Å². The monoisotopic (exact) mass is 352 g/mol. The lowest BCUT2D eigenvalue weighted by atomic mass is 10.2. The third-order valence-electron chi connectivity index (χ3n) is 2.85. The first-order valence-electron chi connectivity index (χ1n) is 5.98. The highest BCUT2D eigenvalue weighted by atomic mass is 79.9. The van der Waals surface area contributed by atoms with E-state index < -0.39 is 4.92 Å². The van der Waals surface area contributed by atoms with Gasteiger partial charge in [-0.05, 0) is 33.6 Å². The van der Waals surface area contributed by atoms with Gasteiger partial charge >= 0.3 is 5.69 Å². The number of ether oxygens (including phenoxy) is 1. The summed E-state index contributed by atoms with van der Waals surface area (Å²) < 4.78 is 5.46. The Morgan fingerprint density at radius 2 is 2.10 bits per heavy atom. The number of nitrogens with one attached hydrogen (secondary N) is 1. The SMILES string of the molecule is COc1ccc(CNc2ncc(Br)c(N)c2[N+](=O)[O-])cc1. The van der Waals surface area contributed by atoms with Crippen molar-refractivity contribution in [2.24, 2.45) is 0 Å². The second-order valence-corrected chi connectivity index (χ2v) is 5.03. The number of nitrogens with two attached hydrogens (primary N) is 1. The molecule has 0 saturated heterocycles. The summed E-state index contributed by atoms with van der Waals surface area (Å²) in [5.41, 5.74) is 6.45. The van der Waals surface area contributed by atoms with Crippen LogP contribution in [0.15, 0.2) is 34.9 Å². The van der Waals surface area contributed by atoms with Crippen molar-refractivity contribution in [1.82, 2.24) is 4.98 Å². The zero-order valence-electron chi connectivity index (χ0n) is 11.2. The molecule has 21 heavy (non-hydrogen) atoms. The molecule has 0 aliphatic carbocycles. The largest absolute Gasteiger partial charge is 0.497 e. The zero-order chi connectivity index (χ0) is 15.4. The van der Waals surface area contributed by atoms with Gasteiger partial charge in [0.2, 0.25) is 5.82 Å². The molecule has 3 N–H and O–H groups in total. The quantitative estimate of drug-likeness (QED) is 0.633. The minimum Gasteiger partial charge on any atom is -0.497 e. The molecule has 0 saturated carbocycles. The van der Waals surface area contributed by atoms with Gasteiger partial charge in [0, 0.05) is 12.7 Å². The third-order valence-corrected chi connectivity index (χ3v) is 3.48. The van der Waals surface area contributed by atoms with Crippen molar-refractivity contribution in [3.8, 4) is 5.75 Å². The van der Waals surface area contributed by atoms with E-state index >= 15 is 0 Å². The molecule has 0 radical (unpaired) electrons. The lowest BCUT2D eigenvalue weighted by molar-refractivity contribution is -0.383. The average Bonchev–Trinajstić information content (AvgIpc) is 2.48.